The molecule has 0 amide bonds. The number of aromatic amines is 1. The molecule has 3 aromatic rings. The van der Waals surface area contributed by atoms with Crippen LogP contribution < -0.4 is 10.3 Å². The molecule has 0 aliphatic carbocycles. The molecule has 5 heteroatoms. The number of hydrogen-bond donors (Lipinski definition) is 1. The van der Waals surface area contributed by atoms with Crippen molar-refractivity contribution in [1.29, 1.82) is 0 Å². The van der Waals surface area contributed by atoms with Gasteiger partial charge in [0.25, 0.3) is 5.56 Å². The lowest BCUT2D eigenvalue weighted by atomic mass is 10.0. The molecular formula is C18H20N2O2S. The molecule has 0 atom stereocenters. The number of nitrogens with zero attached hydrogens (tertiary/aromatic N) is 1. The number of fused-ring (bicyclic) bond motifs is 1. The molecule has 0 aliphatic heterocycles. The Bertz CT molecular complexity index is 938. The third-order valence-corrected chi connectivity index (χ3v) is 4.99. The normalized spacial score (nSPS) is 11.4. The number of hydrogen-bond acceptors (Lipinski definition) is 4. The first-order chi connectivity index (χ1) is 10.9. The van der Waals surface area contributed by atoms with Crippen molar-refractivity contribution < 1.29 is 4.74 Å². The van der Waals surface area contributed by atoms with Crippen molar-refractivity contribution >= 4 is 21.6 Å². The molecule has 0 saturated carbocycles. The van der Waals surface area contributed by atoms with Gasteiger partial charge in [-0.25, -0.2) is 4.98 Å². The first-order valence-electron chi connectivity index (χ1n) is 7.60. The van der Waals surface area contributed by atoms with Gasteiger partial charge in [0.15, 0.2) is 0 Å². The van der Waals surface area contributed by atoms with Gasteiger partial charge in [-0.05, 0) is 37.1 Å². The minimum atomic E-state index is -0.0634. The first-order valence-corrected chi connectivity index (χ1v) is 8.42. The molecule has 4 nitrogen and oxygen atoms in total. The Balaban J connectivity index is 2.28. The lowest BCUT2D eigenvalue weighted by Crippen LogP contribution is -2.12. The summed E-state index contributed by atoms with van der Waals surface area (Å²) in [4.78, 5) is 22.1. The van der Waals surface area contributed by atoms with Gasteiger partial charge in [-0.15, -0.1) is 11.3 Å². The van der Waals surface area contributed by atoms with Crippen LogP contribution >= 0.6 is 11.3 Å². The van der Waals surface area contributed by atoms with Crippen LogP contribution in [0, 0.1) is 13.8 Å². The van der Waals surface area contributed by atoms with E-state index in [4.69, 9.17) is 4.74 Å². The van der Waals surface area contributed by atoms with E-state index in [-0.39, 0.29) is 11.5 Å². The largest absolute Gasteiger partial charge is 0.496 e. The molecule has 23 heavy (non-hydrogen) atoms. The highest BCUT2D eigenvalue weighted by Crippen LogP contribution is 2.37. The van der Waals surface area contributed by atoms with Crippen LogP contribution in [0.15, 0.2) is 23.0 Å². The topological polar surface area (TPSA) is 55.0 Å². The van der Waals surface area contributed by atoms with E-state index in [9.17, 15) is 4.79 Å². The number of ether oxygens (including phenoxy) is 1. The number of nitrogens with one attached hydrogen (secondary N) is 1. The van der Waals surface area contributed by atoms with Crippen LogP contribution in [0.5, 0.6) is 5.75 Å². The van der Waals surface area contributed by atoms with E-state index >= 15 is 0 Å². The van der Waals surface area contributed by atoms with Crippen molar-refractivity contribution in [2.75, 3.05) is 7.11 Å². The maximum absolute atomic E-state index is 12.6. The summed E-state index contributed by atoms with van der Waals surface area (Å²) in [6.07, 6.45) is 0. The summed E-state index contributed by atoms with van der Waals surface area (Å²) in [6.45, 7) is 8.10. The van der Waals surface area contributed by atoms with Crippen molar-refractivity contribution in [3.8, 4) is 16.9 Å². The third-order valence-electron chi connectivity index (χ3n) is 3.99. The Labute approximate surface area is 139 Å². The average Bonchev–Trinajstić information content (AvgIpc) is 2.83. The molecular weight excluding hydrogens is 308 g/mol. The first kappa shape index (κ1) is 15.7. The highest BCUT2D eigenvalue weighted by molar-refractivity contribution is 7.19. The van der Waals surface area contributed by atoms with Gasteiger partial charge in [0, 0.05) is 16.4 Å². The van der Waals surface area contributed by atoms with E-state index in [1.807, 2.05) is 39.8 Å². The summed E-state index contributed by atoms with van der Waals surface area (Å²) in [5, 5.41) is 0.682. The van der Waals surface area contributed by atoms with Gasteiger partial charge < -0.3 is 9.72 Å². The molecule has 0 unspecified atom stereocenters. The Morgan fingerprint density at radius 1 is 1.26 bits per heavy atom. The van der Waals surface area contributed by atoms with Crippen LogP contribution in [0.1, 0.15) is 36.0 Å². The maximum Gasteiger partial charge on any atom is 0.260 e. The monoisotopic (exact) mass is 328 g/mol. The molecule has 0 fully saturated rings. The van der Waals surface area contributed by atoms with Crippen LogP contribution in [-0.4, -0.2) is 17.1 Å². The summed E-state index contributed by atoms with van der Waals surface area (Å²) >= 11 is 1.57. The van der Waals surface area contributed by atoms with Gasteiger partial charge in [-0.3, -0.25) is 4.79 Å². The second-order valence-corrected chi connectivity index (χ2v) is 7.21. The standard InChI is InChI=1S/C18H20N2O2S/c1-9(2)16-19-17(21)15-14(11(4)23-18(15)20-16)12-6-7-13(22-5)10(3)8-12/h6-9H,1-5H3,(H,19,20,21). The van der Waals surface area contributed by atoms with Crippen LogP contribution in [0.3, 0.4) is 0 Å². The van der Waals surface area contributed by atoms with Crippen molar-refractivity contribution in [2.24, 2.45) is 0 Å². The van der Waals surface area contributed by atoms with Crippen LogP contribution in [-0.2, 0) is 0 Å². The molecule has 0 bridgehead atoms. The minimum absolute atomic E-state index is 0.0634. The summed E-state index contributed by atoms with van der Waals surface area (Å²) in [5.41, 5.74) is 2.98. The quantitative estimate of drug-likeness (QED) is 0.775. The Morgan fingerprint density at radius 3 is 2.61 bits per heavy atom. The number of aryl methyl sites for hydroxylation is 2. The van der Waals surface area contributed by atoms with Crippen LogP contribution in [0.25, 0.3) is 21.3 Å². The predicted octanol–water partition coefficient (Wildman–Crippen LogP) is 4.40. The number of aromatic nitrogens is 2. The minimum Gasteiger partial charge on any atom is -0.496 e. The van der Waals surface area contributed by atoms with Gasteiger partial charge in [0.2, 0.25) is 0 Å². The second kappa shape index (κ2) is 5.81. The predicted molar refractivity (Wildman–Crippen MR) is 95.8 cm³/mol. The molecule has 1 aromatic carbocycles. The van der Waals surface area contributed by atoms with Crippen molar-refractivity contribution in [3.63, 3.8) is 0 Å². The number of rotatable bonds is 3. The highest BCUT2D eigenvalue weighted by Gasteiger charge is 2.18. The molecule has 120 valence electrons. The lowest BCUT2D eigenvalue weighted by molar-refractivity contribution is 0.412. The number of H-pyrrole nitrogens is 1. The van der Waals surface area contributed by atoms with Crippen LogP contribution in [0.2, 0.25) is 0 Å². The molecule has 3 rings (SSSR count). The maximum atomic E-state index is 12.6. The highest BCUT2D eigenvalue weighted by atomic mass is 32.1. The molecule has 0 aliphatic rings. The van der Waals surface area contributed by atoms with Gasteiger partial charge in [-0.1, -0.05) is 19.9 Å². The second-order valence-electron chi connectivity index (χ2n) is 6.00. The molecule has 0 saturated heterocycles. The Kier molecular flexibility index (Phi) is 3.98. The van der Waals surface area contributed by atoms with E-state index in [1.54, 1.807) is 18.4 Å². The average molecular weight is 328 g/mol. The van der Waals surface area contributed by atoms with E-state index in [0.717, 1.165) is 38.0 Å². The number of methoxy groups -OCH3 is 1. The van der Waals surface area contributed by atoms with E-state index < -0.39 is 0 Å². The molecule has 1 N–H and O–H groups in total. The summed E-state index contributed by atoms with van der Waals surface area (Å²) < 4.78 is 5.32. The van der Waals surface area contributed by atoms with E-state index in [2.05, 4.69) is 16.0 Å². The number of thiophene rings is 1. The Hall–Kier alpha value is -2.14. The fourth-order valence-electron chi connectivity index (χ4n) is 2.79. The molecule has 2 aromatic heterocycles. The molecule has 0 radical (unpaired) electrons. The third kappa shape index (κ3) is 2.65. The zero-order chi connectivity index (χ0) is 16.7. The van der Waals surface area contributed by atoms with Gasteiger partial charge in [0.1, 0.15) is 16.4 Å². The van der Waals surface area contributed by atoms with Gasteiger partial charge in [-0.2, -0.15) is 0 Å². The smallest absolute Gasteiger partial charge is 0.260 e. The van der Waals surface area contributed by atoms with Gasteiger partial charge >= 0.3 is 0 Å². The van der Waals surface area contributed by atoms with Gasteiger partial charge in [0.05, 0.1) is 12.5 Å². The number of benzene rings is 1. The lowest BCUT2D eigenvalue weighted by Gasteiger charge is -2.08. The van der Waals surface area contributed by atoms with Crippen molar-refractivity contribution in [3.05, 3.63) is 44.8 Å². The van der Waals surface area contributed by atoms with Crippen molar-refractivity contribution in [2.45, 2.75) is 33.6 Å². The summed E-state index contributed by atoms with van der Waals surface area (Å²) in [5.74, 6) is 1.78. The fourth-order valence-corrected chi connectivity index (χ4v) is 3.84. The summed E-state index contributed by atoms with van der Waals surface area (Å²) in [6, 6.07) is 6.00. The van der Waals surface area contributed by atoms with E-state index in [1.165, 1.54) is 0 Å². The zero-order valence-electron chi connectivity index (χ0n) is 14.0. The Morgan fingerprint density at radius 2 is 2.00 bits per heavy atom. The molecule has 2 heterocycles. The zero-order valence-corrected chi connectivity index (χ0v) is 14.8. The fraction of sp³-hybridized carbons (Fsp3) is 0.333. The van der Waals surface area contributed by atoms with Crippen molar-refractivity contribution in [1.82, 2.24) is 9.97 Å². The van der Waals surface area contributed by atoms with Crippen LogP contribution in [0.4, 0.5) is 0 Å². The SMILES string of the molecule is COc1ccc(-c2c(C)sc3nc(C(C)C)[nH]c(=O)c23)cc1C. The summed E-state index contributed by atoms with van der Waals surface area (Å²) in [7, 11) is 1.66. The van der Waals surface area contributed by atoms with E-state index in [0.29, 0.717) is 5.39 Å². The molecule has 0 spiro atoms.